The molecule has 1 aliphatic heterocycles. The Hall–Kier alpha value is -1.54. The minimum Gasteiger partial charge on any atom is -0.358 e. The fourth-order valence-electron chi connectivity index (χ4n) is 2.98. The highest BCUT2D eigenvalue weighted by molar-refractivity contribution is 7.95. The highest BCUT2D eigenvalue weighted by Crippen LogP contribution is 2.39. The Bertz CT molecular complexity index is 898. The van der Waals surface area contributed by atoms with Gasteiger partial charge in [-0.2, -0.15) is 0 Å². The molecule has 0 bridgehead atoms. The number of aryl methyl sites for hydroxylation is 1. The number of nitrogens with zero attached hydrogens (tertiary/aromatic N) is 1. The zero-order valence-corrected chi connectivity index (χ0v) is 15.1. The van der Waals surface area contributed by atoms with Crippen molar-refractivity contribution in [1.29, 1.82) is 4.78 Å². The highest BCUT2D eigenvalue weighted by atomic mass is 32.2. The minimum absolute atomic E-state index is 0.301. The van der Waals surface area contributed by atoms with Crippen molar-refractivity contribution in [3.05, 3.63) is 34.4 Å². The Kier molecular flexibility index (Phi) is 3.72. The summed E-state index contributed by atoms with van der Waals surface area (Å²) in [5.74, 6) is 0. The van der Waals surface area contributed by atoms with E-state index in [9.17, 15) is 12.6 Å². The van der Waals surface area contributed by atoms with Gasteiger partial charge in [0.05, 0.1) is 27.0 Å². The monoisotopic (exact) mass is 355 g/mol. The average Bonchev–Trinajstić information content (AvgIpc) is 3.14. The first-order valence-corrected chi connectivity index (χ1v) is 11.2. The second kappa shape index (κ2) is 5.24. The Morgan fingerprint density at radius 1 is 1.22 bits per heavy atom. The third kappa shape index (κ3) is 3.10. The van der Waals surface area contributed by atoms with Gasteiger partial charge in [0.1, 0.15) is 5.03 Å². The lowest BCUT2D eigenvalue weighted by Gasteiger charge is -2.21. The predicted molar refractivity (Wildman–Crippen MR) is 90.9 cm³/mol. The molecule has 0 aromatic heterocycles. The van der Waals surface area contributed by atoms with E-state index >= 15 is 0 Å². The molecule has 1 heterocycles. The molecule has 8 heteroatoms. The van der Waals surface area contributed by atoms with Crippen LogP contribution in [0.1, 0.15) is 24.0 Å². The Morgan fingerprint density at radius 3 is 2.35 bits per heavy atom. The molecule has 23 heavy (non-hydrogen) atoms. The zero-order valence-electron chi connectivity index (χ0n) is 13.4. The molecule has 0 amide bonds. The van der Waals surface area contributed by atoms with Crippen LogP contribution < -0.4 is 5.32 Å². The van der Waals surface area contributed by atoms with Crippen LogP contribution in [0.2, 0.25) is 0 Å². The van der Waals surface area contributed by atoms with E-state index in [4.69, 9.17) is 4.78 Å². The molecular formula is C15H21N3O3S2. The van der Waals surface area contributed by atoms with Gasteiger partial charge >= 0.3 is 0 Å². The second-order valence-electron chi connectivity index (χ2n) is 6.31. The van der Waals surface area contributed by atoms with Gasteiger partial charge in [0.25, 0.3) is 0 Å². The van der Waals surface area contributed by atoms with Crippen LogP contribution in [-0.4, -0.2) is 42.7 Å². The normalized spacial score (nSPS) is 21.3. The van der Waals surface area contributed by atoms with Crippen molar-refractivity contribution >= 4 is 25.3 Å². The fraction of sp³-hybridized carbons (Fsp3) is 0.467. The largest absolute Gasteiger partial charge is 0.358 e. The SMILES string of the molecule is Cc1cc(C2=C(S(C)(=N)=O)NCN2C2CC2)ccc1S(C)(=O)=O. The number of nitrogens with one attached hydrogen (secondary N) is 2. The Labute approximate surface area is 137 Å². The van der Waals surface area contributed by atoms with Crippen molar-refractivity contribution in [3.63, 3.8) is 0 Å². The standard InChI is InChI=1S/C15H21N3O3S2/c1-10-8-11(4-7-13(10)23(3,20)21)14-15(22(2,16)19)17-9-18(14)12-5-6-12/h4,7-8,12,16-17H,5-6,9H2,1-3H3. The molecule has 1 aromatic rings. The van der Waals surface area contributed by atoms with Crippen LogP contribution in [-0.2, 0) is 19.6 Å². The fourth-order valence-corrected chi connectivity index (χ4v) is 4.88. The van der Waals surface area contributed by atoms with E-state index in [1.807, 2.05) is 0 Å². The molecule has 1 fully saturated rings. The molecule has 1 saturated carbocycles. The van der Waals surface area contributed by atoms with Gasteiger partial charge in [0.15, 0.2) is 9.84 Å². The van der Waals surface area contributed by atoms with Gasteiger partial charge < -0.3 is 10.2 Å². The Balaban J connectivity index is 2.15. The third-order valence-corrected chi connectivity index (χ3v) is 6.51. The van der Waals surface area contributed by atoms with Crippen molar-refractivity contribution in [1.82, 2.24) is 10.2 Å². The van der Waals surface area contributed by atoms with Crippen molar-refractivity contribution in [2.45, 2.75) is 30.7 Å². The molecular weight excluding hydrogens is 334 g/mol. The van der Waals surface area contributed by atoms with Gasteiger partial charge in [-0.05, 0) is 37.5 Å². The zero-order chi connectivity index (χ0) is 17.0. The van der Waals surface area contributed by atoms with Crippen LogP contribution in [0, 0.1) is 11.7 Å². The second-order valence-corrected chi connectivity index (χ2v) is 10.4. The van der Waals surface area contributed by atoms with E-state index in [2.05, 4.69) is 10.2 Å². The van der Waals surface area contributed by atoms with Gasteiger partial charge in [0.2, 0.25) is 0 Å². The summed E-state index contributed by atoms with van der Waals surface area (Å²) in [5.41, 5.74) is 2.24. The van der Waals surface area contributed by atoms with Gasteiger partial charge in [-0.1, -0.05) is 6.07 Å². The molecule has 2 aliphatic rings. The van der Waals surface area contributed by atoms with Crippen molar-refractivity contribution in [2.75, 3.05) is 19.2 Å². The van der Waals surface area contributed by atoms with E-state index in [1.165, 1.54) is 12.5 Å². The summed E-state index contributed by atoms with van der Waals surface area (Å²) in [4.78, 5) is 2.44. The average molecular weight is 355 g/mol. The van der Waals surface area contributed by atoms with Crippen LogP contribution in [0.3, 0.4) is 0 Å². The van der Waals surface area contributed by atoms with E-state index in [0.29, 0.717) is 28.2 Å². The predicted octanol–water partition coefficient (Wildman–Crippen LogP) is 1.73. The quantitative estimate of drug-likeness (QED) is 0.858. The lowest BCUT2D eigenvalue weighted by atomic mass is 10.1. The first kappa shape index (κ1) is 16.3. The topological polar surface area (TPSA) is 90.3 Å². The van der Waals surface area contributed by atoms with Gasteiger partial charge in [-0.25, -0.2) is 17.4 Å². The molecule has 2 N–H and O–H groups in total. The maximum atomic E-state index is 12.3. The van der Waals surface area contributed by atoms with Crippen LogP contribution in [0.4, 0.5) is 0 Å². The molecule has 6 nitrogen and oxygen atoms in total. The molecule has 0 radical (unpaired) electrons. The van der Waals surface area contributed by atoms with Crippen LogP contribution in [0.5, 0.6) is 0 Å². The summed E-state index contributed by atoms with van der Waals surface area (Å²) in [6.07, 6.45) is 4.77. The van der Waals surface area contributed by atoms with Gasteiger partial charge in [-0.3, -0.25) is 0 Å². The maximum Gasteiger partial charge on any atom is 0.175 e. The summed E-state index contributed by atoms with van der Waals surface area (Å²) in [6.45, 7) is 2.31. The van der Waals surface area contributed by atoms with Crippen molar-refractivity contribution < 1.29 is 12.6 Å². The van der Waals surface area contributed by atoms with Crippen molar-refractivity contribution in [2.24, 2.45) is 0 Å². The number of hydrogen-bond acceptors (Lipinski definition) is 6. The summed E-state index contributed by atoms with van der Waals surface area (Å²) < 4.78 is 43.8. The van der Waals surface area contributed by atoms with Crippen molar-refractivity contribution in [3.8, 4) is 0 Å². The van der Waals surface area contributed by atoms with Crippen LogP contribution >= 0.6 is 0 Å². The lowest BCUT2D eigenvalue weighted by Crippen LogP contribution is -2.25. The molecule has 0 saturated heterocycles. The minimum atomic E-state index is -3.27. The highest BCUT2D eigenvalue weighted by Gasteiger charge is 2.37. The molecule has 1 unspecified atom stereocenters. The molecule has 0 spiro atoms. The van der Waals surface area contributed by atoms with Crippen LogP contribution in [0.25, 0.3) is 5.70 Å². The molecule has 3 rings (SSSR count). The number of benzene rings is 1. The van der Waals surface area contributed by atoms with E-state index < -0.39 is 19.6 Å². The van der Waals surface area contributed by atoms with E-state index in [0.717, 1.165) is 24.1 Å². The first-order chi connectivity index (χ1) is 10.6. The third-order valence-electron chi connectivity index (χ3n) is 4.14. The number of rotatable bonds is 4. The van der Waals surface area contributed by atoms with E-state index in [-0.39, 0.29) is 0 Å². The maximum absolute atomic E-state index is 12.3. The number of sulfone groups is 1. The summed E-state index contributed by atoms with van der Waals surface area (Å²) in [7, 11) is -6.15. The summed E-state index contributed by atoms with van der Waals surface area (Å²) in [6, 6.07) is 5.55. The molecule has 1 atom stereocenters. The van der Waals surface area contributed by atoms with E-state index in [1.54, 1.807) is 25.1 Å². The Morgan fingerprint density at radius 2 is 1.87 bits per heavy atom. The van der Waals surface area contributed by atoms with Crippen LogP contribution in [0.15, 0.2) is 28.1 Å². The molecule has 1 aliphatic carbocycles. The first-order valence-electron chi connectivity index (χ1n) is 7.38. The summed E-state index contributed by atoms with van der Waals surface area (Å²) in [5, 5.41) is 3.55. The van der Waals surface area contributed by atoms with Gasteiger partial charge in [0, 0.05) is 24.1 Å². The molecule has 1 aromatic carbocycles. The molecule has 126 valence electrons. The smallest absolute Gasteiger partial charge is 0.175 e. The summed E-state index contributed by atoms with van der Waals surface area (Å²) >= 11 is 0. The number of hydrogen-bond donors (Lipinski definition) is 2. The lowest BCUT2D eigenvalue weighted by molar-refractivity contribution is 0.399. The van der Waals surface area contributed by atoms with Gasteiger partial charge in [-0.15, -0.1) is 0 Å².